The summed E-state index contributed by atoms with van der Waals surface area (Å²) in [6.07, 6.45) is 2.54. The van der Waals surface area contributed by atoms with Crippen LogP contribution in [0.15, 0.2) is 30.5 Å². The standard InChI is InChI=1S/C17H23N2O.Y/c1-5-18-10-9-15(4)19(18)12-16(20)11-17-13(2)7-6-8-14(17)3;/h6-10H,5,11-12H2,1-4H3;/q+1;. The molecule has 1 heterocycles. The second-order valence-electron chi connectivity index (χ2n) is 5.36. The third kappa shape index (κ3) is 4.34. The number of ketones is 1. The average molecular weight is 360 g/mol. The molecule has 0 aliphatic rings. The molecule has 21 heavy (non-hydrogen) atoms. The summed E-state index contributed by atoms with van der Waals surface area (Å²) in [6.45, 7) is 9.60. The van der Waals surface area contributed by atoms with Gasteiger partial charge < -0.3 is 0 Å². The van der Waals surface area contributed by atoms with E-state index in [1.54, 1.807) is 0 Å². The third-order valence-corrected chi connectivity index (χ3v) is 3.87. The van der Waals surface area contributed by atoms with E-state index < -0.39 is 0 Å². The van der Waals surface area contributed by atoms with Gasteiger partial charge in [-0.1, -0.05) is 18.2 Å². The molecular formula is C17H23N2OY+. The molecule has 1 aromatic carbocycles. The van der Waals surface area contributed by atoms with Gasteiger partial charge in [0.1, 0.15) is 6.54 Å². The first-order valence-corrected chi connectivity index (χ1v) is 7.15. The number of rotatable bonds is 5. The van der Waals surface area contributed by atoms with Crippen LogP contribution in [0.3, 0.4) is 0 Å². The smallest absolute Gasteiger partial charge is 0.195 e. The predicted molar refractivity (Wildman–Crippen MR) is 79.7 cm³/mol. The van der Waals surface area contributed by atoms with Crippen LogP contribution in [0, 0.1) is 20.8 Å². The zero-order valence-electron chi connectivity index (χ0n) is 13.4. The van der Waals surface area contributed by atoms with Crippen molar-refractivity contribution in [3.63, 3.8) is 0 Å². The maximum Gasteiger partial charge on any atom is 0.195 e. The number of carbonyl (C=O) groups excluding carboxylic acids is 1. The Kier molecular flexibility index (Phi) is 6.95. The summed E-state index contributed by atoms with van der Waals surface area (Å²) in [6, 6.07) is 8.24. The summed E-state index contributed by atoms with van der Waals surface area (Å²) in [4.78, 5) is 12.4. The number of nitrogens with zero attached hydrogens (tertiary/aromatic N) is 2. The Balaban J connectivity index is 0.00000220. The van der Waals surface area contributed by atoms with Gasteiger partial charge in [-0.15, -0.1) is 4.68 Å². The minimum absolute atomic E-state index is 0. The van der Waals surface area contributed by atoms with E-state index >= 15 is 0 Å². The SMILES string of the molecule is CC[n+]1ccc(C)n1CC(=O)Cc1c(C)cccc1C.[Y]. The molecule has 0 bridgehead atoms. The molecule has 0 aliphatic carbocycles. The topological polar surface area (TPSA) is 25.9 Å². The maximum absolute atomic E-state index is 12.4. The molecule has 0 atom stereocenters. The molecule has 3 nitrogen and oxygen atoms in total. The van der Waals surface area contributed by atoms with E-state index in [9.17, 15) is 4.79 Å². The van der Waals surface area contributed by atoms with Crippen molar-refractivity contribution in [1.29, 1.82) is 0 Å². The van der Waals surface area contributed by atoms with Gasteiger partial charge in [0, 0.05) is 45.2 Å². The Morgan fingerprint density at radius 2 is 1.76 bits per heavy atom. The zero-order chi connectivity index (χ0) is 14.7. The van der Waals surface area contributed by atoms with E-state index in [2.05, 4.69) is 48.3 Å². The Morgan fingerprint density at radius 1 is 1.14 bits per heavy atom. The van der Waals surface area contributed by atoms with Crippen LogP contribution in [0.25, 0.3) is 0 Å². The van der Waals surface area contributed by atoms with E-state index in [1.807, 2.05) is 19.2 Å². The number of carbonyl (C=O) groups is 1. The second kappa shape index (κ2) is 8.00. The Bertz CT molecular complexity index is 611. The van der Waals surface area contributed by atoms with Crippen molar-refractivity contribution in [2.75, 3.05) is 0 Å². The molecule has 109 valence electrons. The fraction of sp³-hybridized carbons (Fsp3) is 0.412. The van der Waals surface area contributed by atoms with Crippen molar-refractivity contribution in [3.8, 4) is 0 Å². The molecule has 2 rings (SSSR count). The van der Waals surface area contributed by atoms with Gasteiger partial charge in [0.05, 0.1) is 5.69 Å². The van der Waals surface area contributed by atoms with Gasteiger partial charge in [-0.25, -0.2) is 0 Å². The fourth-order valence-electron chi connectivity index (χ4n) is 2.60. The van der Waals surface area contributed by atoms with Gasteiger partial charge in [-0.05, 0) is 44.4 Å². The quantitative estimate of drug-likeness (QED) is 0.753. The minimum Gasteiger partial charge on any atom is -0.297 e. The summed E-state index contributed by atoms with van der Waals surface area (Å²) in [5, 5.41) is 0. The van der Waals surface area contributed by atoms with Crippen LogP contribution in [0.4, 0.5) is 0 Å². The van der Waals surface area contributed by atoms with E-state index in [4.69, 9.17) is 0 Å². The fourth-order valence-corrected chi connectivity index (χ4v) is 2.60. The largest absolute Gasteiger partial charge is 0.297 e. The van der Waals surface area contributed by atoms with Crippen molar-refractivity contribution in [1.82, 2.24) is 4.68 Å². The number of hydrogen-bond donors (Lipinski definition) is 0. The summed E-state index contributed by atoms with van der Waals surface area (Å²) < 4.78 is 4.13. The molecule has 0 fully saturated rings. The van der Waals surface area contributed by atoms with Crippen LogP contribution in [-0.2, 0) is 57.0 Å². The number of hydrogen-bond acceptors (Lipinski definition) is 1. The molecule has 0 saturated heterocycles. The van der Waals surface area contributed by atoms with E-state index in [0.29, 0.717) is 13.0 Å². The van der Waals surface area contributed by atoms with Crippen LogP contribution in [0.5, 0.6) is 0 Å². The Morgan fingerprint density at radius 3 is 2.33 bits per heavy atom. The summed E-state index contributed by atoms with van der Waals surface area (Å²) >= 11 is 0. The van der Waals surface area contributed by atoms with Crippen molar-refractivity contribution in [2.24, 2.45) is 0 Å². The van der Waals surface area contributed by atoms with Gasteiger partial charge in [0.25, 0.3) is 0 Å². The molecule has 0 amide bonds. The second-order valence-corrected chi connectivity index (χ2v) is 5.36. The van der Waals surface area contributed by atoms with Crippen molar-refractivity contribution in [2.45, 2.75) is 47.2 Å². The number of aromatic nitrogens is 2. The molecule has 0 N–H and O–H groups in total. The first-order valence-electron chi connectivity index (χ1n) is 7.15. The van der Waals surface area contributed by atoms with Crippen molar-refractivity contribution in [3.05, 3.63) is 52.8 Å². The van der Waals surface area contributed by atoms with E-state index in [1.165, 1.54) is 16.7 Å². The number of aryl methyl sites for hydroxylation is 4. The molecule has 0 aliphatic heterocycles. The monoisotopic (exact) mass is 360 g/mol. The summed E-state index contributed by atoms with van der Waals surface area (Å²) in [5.41, 5.74) is 4.70. The molecule has 2 aromatic rings. The van der Waals surface area contributed by atoms with Crippen molar-refractivity contribution >= 4 is 5.78 Å². The molecule has 4 heteroatoms. The van der Waals surface area contributed by atoms with Crippen molar-refractivity contribution < 1.29 is 42.2 Å². The van der Waals surface area contributed by atoms with Gasteiger partial charge in [-0.2, -0.15) is 4.68 Å². The van der Waals surface area contributed by atoms with Crippen LogP contribution in [-0.4, -0.2) is 10.5 Å². The molecular weight excluding hydrogens is 337 g/mol. The Hall–Kier alpha value is -0.796. The first kappa shape index (κ1) is 18.3. The molecule has 0 unspecified atom stereocenters. The van der Waals surface area contributed by atoms with Crippen LogP contribution < -0.4 is 4.68 Å². The molecule has 0 spiro atoms. The van der Waals surface area contributed by atoms with Gasteiger partial charge >= 0.3 is 0 Å². The van der Waals surface area contributed by atoms with Crippen LogP contribution in [0.1, 0.15) is 29.3 Å². The van der Waals surface area contributed by atoms with Gasteiger partial charge in [0.15, 0.2) is 18.5 Å². The van der Waals surface area contributed by atoms with E-state index in [0.717, 1.165) is 12.2 Å². The van der Waals surface area contributed by atoms with E-state index in [-0.39, 0.29) is 38.5 Å². The van der Waals surface area contributed by atoms with Crippen LogP contribution >= 0.6 is 0 Å². The zero-order valence-corrected chi connectivity index (χ0v) is 16.2. The molecule has 0 saturated carbocycles. The molecule has 1 aromatic heterocycles. The number of Topliss-reactive ketones (excluding diaryl/α,β-unsaturated/α-hetero) is 1. The van der Waals surface area contributed by atoms with Gasteiger partial charge in [0.2, 0.25) is 0 Å². The maximum atomic E-state index is 12.4. The summed E-state index contributed by atoms with van der Waals surface area (Å²) in [5.74, 6) is 0.254. The first-order chi connectivity index (χ1) is 9.52. The average Bonchev–Trinajstić information content (AvgIpc) is 2.75. The minimum atomic E-state index is 0. The van der Waals surface area contributed by atoms with Gasteiger partial charge in [-0.3, -0.25) is 4.79 Å². The summed E-state index contributed by atoms with van der Waals surface area (Å²) in [7, 11) is 0. The molecule has 1 radical (unpaired) electrons. The number of benzene rings is 1. The Labute approximate surface area is 152 Å². The third-order valence-electron chi connectivity index (χ3n) is 3.87. The van der Waals surface area contributed by atoms with Crippen LogP contribution in [0.2, 0.25) is 0 Å². The normalized spacial score (nSPS) is 10.3. The predicted octanol–water partition coefficient (Wildman–Crippen LogP) is 2.53.